The first-order chi connectivity index (χ1) is 10.4. The molecule has 1 heterocycles. The van der Waals surface area contributed by atoms with Crippen LogP contribution in [0.4, 0.5) is 11.5 Å². The van der Waals surface area contributed by atoms with E-state index in [1.54, 1.807) is 12.1 Å². The molecule has 1 aromatic carbocycles. The lowest BCUT2D eigenvalue weighted by Crippen LogP contribution is -2.13. The predicted octanol–water partition coefficient (Wildman–Crippen LogP) is 4.10. The number of nitrogens with one attached hydrogen (secondary N) is 1. The molecule has 2 N–H and O–H groups in total. The van der Waals surface area contributed by atoms with E-state index in [1.807, 2.05) is 0 Å². The Morgan fingerprint density at radius 3 is 2.59 bits per heavy atom. The van der Waals surface area contributed by atoms with Crippen molar-refractivity contribution in [3.8, 4) is 0 Å². The van der Waals surface area contributed by atoms with E-state index in [2.05, 4.69) is 10.3 Å². The summed E-state index contributed by atoms with van der Waals surface area (Å²) in [5, 5.41) is 24.4. The minimum absolute atomic E-state index is 0.0753. The molecule has 0 bridgehead atoms. The molecule has 2 aromatic rings. The van der Waals surface area contributed by atoms with Crippen LogP contribution >= 0.6 is 34.8 Å². The maximum Gasteiger partial charge on any atom is 0.289 e. The highest BCUT2D eigenvalue weighted by Crippen LogP contribution is 2.28. The second kappa shape index (κ2) is 7.11. The predicted molar refractivity (Wildman–Crippen MR) is 85.8 cm³/mol. The molecule has 116 valence electrons. The normalized spacial score (nSPS) is 12.0. The Kier molecular flexibility index (Phi) is 5.42. The number of nitro groups is 1. The van der Waals surface area contributed by atoms with Gasteiger partial charge in [0.15, 0.2) is 0 Å². The second-order valence-electron chi connectivity index (χ2n) is 4.34. The van der Waals surface area contributed by atoms with Gasteiger partial charge in [-0.15, -0.1) is 0 Å². The van der Waals surface area contributed by atoms with E-state index in [4.69, 9.17) is 34.8 Å². The average Bonchev–Trinajstić information content (AvgIpc) is 2.45. The monoisotopic (exact) mass is 361 g/mol. The Morgan fingerprint density at radius 1 is 1.27 bits per heavy atom. The van der Waals surface area contributed by atoms with Crippen LogP contribution in [0.15, 0.2) is 30.5 Å². The van der Waals surface area contributed by atoms with Crippen molar-refractivity contribution in [1.82, 2.24) is 4.98 Å². The fourth-order valence-electron chi connectivity index (χ4n) is 1.73. The summed E-state index contributed by atoms with van der Waals surface area (Å²) in [5.41, 5.74) is 0.286. The fourth-order valence-corrected chi connectivity index (χ4v) is 2.49. The van der Waals surface area contributed by atoms with Gasteiger partial charge in [0.2, 0.25) is 0 Å². The number of aliphatic hydroxyl groups excluding tert-OH is 1. The SMILES string of the molecule is O=[N+]([O-])c1cnc(NCC(O)c2ccc(Cl)cc2Cl)c(Cl)c1. The third-order valence-corrected chi connectivity index (χ3v) is 3.67. The number of hydrogen-bond acceptors (Lipinski definition) is 5. The third kappa shape index (κ3) is 3.98. The quantitative estimate of drug-likeness (QED) is 0.617. The maximum absolute atomic E-state index is 10.6. The molecule has 0 aliphatic heterocycles. The summed E-state index contributed by atoms with van der Waals surface area (Å²) < 4.78 is 0. The molecule has 0 saturated heterocycles. The van der Waals surface area contributed by atoms with Crippen molar-refractivity contribution in [3.05, 3.63) is 61.2 Å². The van der Waals surface area contributed by atoms with Gasteiger partial charge in [0.1, 0.15) is 12.0 Å². The van der Waals surface area contributed by atoms with Crippen molar-refractivity contribution in [2.45, 2.75) is 6.10 Å². The topological polar surface area (TPSA) is 88.3 Å². The van der Waals surface area contributed by atoms with Gasteiger partial charge in [0.25, 0.3) is 5.69 Å². The summed E-state index contributed by atoms with van der Waals surface area (Å²) in [6.45, 7) is 0.0753. The Labute approximate surface area is 140 Å². The van der Waals surface area contributed by atoms with Crippen LogP contribution in [0.3, 0.4) is 0 Å². The first-order valence-electron chi connectivity index (χ1n) is 6.05. The molecule has 0 saturated carbocycles. The number of anilines is 1. The third-order valence-electron chi connectivity index (χ3n) is 2.82. The first kappa shape index (κ1) is 16.8. The fraction of sp³-hybridized carbons (Fsp3) is 0.154. The van der Waals surface area contributed by atoms with Crippen LogP contribution in [0.25, 0.3) is 0 Å². The highest BCUT2D eigenvalue weighted by molar-refractivity contribution is 6.35. The average molecular weight is 363 g/mol. The van der Waals surface area contributed by atoms with Crippen LogP contribution in [0, 0.1) is 10.1 Å². The van der Waals surface area contributed by atoms with Gasteiger partial charge in [-0.1, -0.05) is 40.9 Å². The molecule has 2 rings (SSSR count). The zero-order valence-corrected chi connectivity index (χ0v) is 13.2. The highest BCUT2D eigenvalue weighted by Gasteiger charge is 2.15. The molecule has 0 radical (unpaired) electrons. The number of nitrogens with zero attached hydrogens (tertiary/aromatic N) is 2. The molecule has 1 atom stereocenters. The minimum Gasteiger partial charge on any atom is -0.387 e. The van der Waals surface area contributed by atoms with E-state index < -0.39 is 11.0 Å². The largest absolute Gasteiger partial charge is 0.387 e. The number of hydrogen-bond donors (Lipinski definition) is 2. The number of halogens is 3. The van der Waals surface area contributed by atoms with Gasteiger partial charge in [-0.05, 0) is 12.1 Å². The van der Waals surface area contributed by atoms with Crippen LogP contribution < -0.4 is 5.32 Å². The van der Waals surface area contributed by atoms with Crippen molar-refractivity contribution in [1.29, 1.82) is 0 Å². The lowest BCUT2D eigenvalue weighted by Gasteiger charge is -2.14. The van der Waals surface area contributed by atoms with Crippen molar-refractivity contribution >= 4 is 46.3 Å². The molecule has 0 aliphatic rings. The number of aliphatic hydroxyl groups is 1. The summed E-state index contributed by atoms with van der Waals surface area (Å²) in [7, 11) is 0. The van der Waals surface area contributed by atoms with E-state index in [1.165, 1.54) is 12.1 Å². The summed E-state index contributed by atoms with van der Waals surface area (Å²) in [5.74, 6) is 0.233. The Bertz CT molecular complexity index is 712. The van der Waals surface area contributed by atoms with Crippen molar-refractivity contribution < 1.29 is 10.0 Å². The summed E-state index contributed by atoms with van der Waals surface area (Å²) in [6.07, 6.45) is 0.161. The van der Waals surface area contributed by atoms with Gasteiger partial charge >= 0.3 is 0 Å². The summed E-state index contributed by atoms with van der Waals surface area (Å²) in [4.78, 5) is 13.9. The van der Waals surface area contributed by atoms with Gasteiger partial charge < -0.3 is 10.4 Å². The summed E-state index contributed by atoms with van der Waals surface area (Å²) >= 11 is 17.7. The maximum atomic E-state index is 10.6. The molecule has 22 heavy (non-hydrogen) atoms. The minimum atomic E-state index is -0.919. The zero-order chi connectivity index (χ0) is 16.3. The first-order valence-corrected chi connectivity index (χ1v) is 7.18. The lowest BCUT2D eigenvalue weighted by molar-refractivity contribution is -0.385. The Hall–Kier alpha value is -1.60. The molecule has 9 heteroatoms. The van der Waals surface area contributed by atoms with E-state index in [0.717, 1.165) is 6.20 Å². The standard InChI is InChI=1S/C13H10Cl3N3O3/c14-7-1-2-9(10(15)3-7)12(20)6-18-13-11(16)4-8(5-17-13)19(21)22/h1-5,12,20H,6H2,(H,17,18). The molecular weight excluding hydrogens is 353 g/mol. The smallest absolute Gasteiger partial charge is 0.289 e. The number of pyridine rings is 1. The highest BCUT2D eigenvalue weighted by atomic mass is 35.5. The molecule has 0 amide bonds. The zero-order valence-electron chi connectivity index (χ0n) is 11.0. The van der Waals surface area contributed by atoms with E-state index in [-0.39, 0.29) is 23.1 Å². The van der Waals surface area contributed by atoms with Gasteiger partial charge in [0, 0.05) is 28.2 Å². The van der Waals surface area contributed by atoms with E-state index in [0.29, 0.717) is 15.6 Å². The lowest BCUT2D eigenvalue weighted by atomic mass is 10.1. The van der Waals surface area contributed by atoms with Crippen LogP contribution in [-0.4, -0.2) is 21.6 Å². The molecule has 1 unspecified atom stereocenters. The summed E-state index contributed by atoms with van der Waals surface area (Å²) in [6, 6.07) is 5.93. The number of benzene rings is 1. The molecule has 0 fully saturated rings. The molecule has 0 aliphatic carbocycles. The van der Waals surface area contributed by atoms with Crippen LogP contribution in [0.2, 0.25) is 15.1 Å². The van der Waals surface area contributed by atoms with Crippen LogP contribution in [-0.2, 0) is 0 Å². The van der Waals surface area contributed by atoms with Gasteiger partial charge in [-0.3, -0.25) is 10.1 Å². The van der Waals surface area contributed by atoms with Gasteiger partial charge in [0.05, 0.1) is 16.0 Å². The number of rotatable bonds is 5. The second-order valence-corrected chi connectivity index (χ2v) is 5.59. The molecule has 1 aromatic heterocycles. The Morgan fingerprint density at radius 2 is 2.00 bits per heavy atom. The van der Waals surface area contributed by atoms with E-state index >= 15 is 0 Å². The van der Waals surface area contributed by atoms with Crippen LogP contribution in [0.1, 0.15) is 11.7 Å². The van der Waals surface area contributed by atoms with Gasteiger partial charge in [-0.25, -0.2) is 4.98 Å². The van der Waals surface area contributed by atoms with Gasteiger partial charge in [-0.2, -0.15) is 0 Å². The van der Waals surface area contributed by atoms with Crippen LogP contribution in [0.5, 0.6) is 0 Å². The van der Waals surface area contributed by atoms with Crippen molar-refractivity contribution in [2.24, 2.45) is 0 Å². The number of aromatic nitrogens is 1. The molecule has 6 nitrogen and oxygen atoms in total. The van der Waals surface area contributed by atoms with E-state index in [9.17, 15) is 15.2 Å². The van der Waals surface area contributed by atoms with Crippen molar-refractivity contribution in [3.63, 3.8) is 0 Å². The molecular formula is C13H10Cl3N3O3. The Balaban J connectivity index is 2.08. The molecule has 0 spiro atoms. The van der Waals surface area contributed by atoms with Crippen molar-refractivity contribution in [2.75, 3.05) is 11.9 Å².